The molecule has 236 valence electrons. The summed E-state index contributed by atoms with van der Waals surface area (Å²) in [4.78, 5) is 29.9. The minimum Gasteiger partial charge on any atom is -0.354 e. The highest BCUT2D eigenvalue weighted by Crippen LogP contribution is 2.29. The molecule has 0 aliphatic rings. The third-order valence-electron chi connectivity index (χ3n) is 7.64. The van der Waals surface area contributed by atoms with Crippen molar-refractivity contribution >= 4 is 39.1 Å². The number of carbonyl (C=O) groups excluding carboxylic acids is 2. The highest BCUT2D eigenvalue weighted by Gasteiger charge is 2.35. The van der Waals surface area contributed by atoms with Gasteiger partial charge < -0.3 is 10.2 Å². The molecule has 7 nitrogen and oxygen atoms in total. The van der Waals surface area contributed by atoms with Crippen molar-refractivity contribution in [1.29, 1.82) is 0 Å². The van der Waals surface area contributed by atoms with E-state index >= 15 is 0 Å². The highest BCUT2D eigenvalue weighted by molar-refractivity contribution is 7.92. The smallest absolute Gasteiger partial charge is 0.264 e. The standard InChI is InChI=1S/C36H40ClN3O4S/c1-5-21-38-36(42)34(23-29-11-7-6-8-12-29)39(24-30-13-9-10-14-32(30)37)35(41)25-40(33-22-27(3)15-18-28(33)4)45(43,44)31-19-16-26(2)17-20-31/h6-20,22,34H,5,21,23-25H2,1-4H3,(H,38,42). The van der Waals surface area contributed by atoms with E-state index < -0.39 is 28.5 Å². The van der Waals surface area contributed by atoms with Crippen molar-refractivity contribution in [3.63, 3.8) is 0 Å². The summed E-state index contributed by atoms with van der Waals surface area (Å²) >= 11 is 6.56. The number of sulfonamides is 1. The van der Waals surface area contributed by atoms with Gasteiger partial charge >= 0.3 is 0 Å². The molecule has 4 rings (SSSR count). The van der Waals surface area contributed by atoms with E-state index in [0.29, 0.717) is 28.4 Å². The van der Waals surface area contributed by atoms with Crippen LogP contribution < -0.4 is 9.62 Å². The predicted octanol–water partition coefficient (Wildman–Crippen LogP) is 6.63. The van der Waals surface area contributed by atoms with Crippen LogP contribution in [0.1, 0.15) is 41.2 Å². The molecule has 0 aliphatic carbocycles. The van der Waals surface area contributed by atoms with E-state index in [4.69, 9.17) is 11.6 Å². The maximum Gasteiger partial charge on any atom is 0.264 e. The van der Waals surface area contributed by atoms with E-state index in [1.165, 1.54) is 4.90 Å². The van der Waals surface area contributed by atoms with Gasteiger partial charge in [0.15, 0.2) is 0 Å². The Labute approximate surface area is 271 Å². The number of nitrogens with zero attached hydrogens (tertiary/aromatic N) is 2. The van der Waals surface area contributed by atoms with Gasteiger partial charge in [-0.2, -0.15) is 0 Å². The first-order valence-electron chi connectivity index (χ1n) is 15.0. The first kappa shape index (κ1) is 33.7. The summed E-state index contributed by atoms with van der Waals surface area (Å²) in [6, 6.07) is 27.7. The van der Waals surface area contributed by atoms with Crippen LogP contribution >= 0.6 is 11.6 Å². The van der Waals surface area contributed by atoms with Crippen LogP contribution in [0, 0.1) is 20.8 Å². The van der Waals surface area contributed by atoms with Gasteiger partial charge in [0, 0.05) is 24.5 Å². The molecule has 0 fully saturated rings. The van der Waals surface area contributed by atoms with Crippen LogP contribution in [0.5, 0.6) is 0 Å². The second-order valence-electron chi connectivity index (χ2n) is 11.2. The molecule has 9 heteroatoms. The second kappa shape index (κ2) is 15.2. The summed E-state index contributed by atoms with van der Waals surface area (Å²) in [6.07, 6.45) is 0.957. The van der Waals surface area contributed by atoms with Crippen molar-refractivity contribution in [2.45, 2.75) is 58.0 Å². The number of nitrogens with one attached hydrogen (secondary N) is 1. The number of rotatable bonds is 13. The Bertz CT molecular complexity index is 1730. The number of anilines is 1. The van der Waals surface area contributed by atoms with Crippen molar-refractivity contribution in [3.05, 3.63) is 130 Å². The summed E-state index contributed by atoms with van der Waals surface area (Å²) < 4.78 is 29.7. The molecule has 4 aromatic rings. The Morgan fingerprint density at radius 2 is 1.49 bits per heavy atom. The van der Waals surface area contributed by atoms with Crippen LogP contribution in [0.3, 0.4) is 0 Å². The van der Waals surface area contributed by atoms with Crippen molar-refractivity contribution in [3.8, 4) is 0 Å². The van der Waals surface area contributed by atoms with Crippen LogP contribution in [0.15, 0.2) is 102 Å². The third kappa shape index (κ3) is 8.53. The van der Waals surface area contributed by atoms with Gasteiger partial charge in [-0.05, 0) is 73.7 Å². The van der Waals surface area contributed by atoms with Gasteiger partial charge in [0.05, 0.1) is 10.6 Å². The minimum atomic E-state index is -4.18. The van der Waals surface area contributed by atoms with Gasteiger partial charge in [0.25, 0.3) is 10.0 Å². The average molecular weight is 646 g/mol. The summed E-state index contributed by atoms with van der Waals surface area (Å²) in [6.45, 7) is 7.46. The van der Waals surface area contributed by atoms with Gasteiger partial charge in [0.2, 0.25) is 11.8 Å². The molecule has 0 radical (unpaired) electrons. The lowest BCUT2D eigenvalue weighted by Crippen LogP contribution is -2.53. The lowest BCUT2D eigenvalue weighted by molar-refractivity contribution is -0.140. The number of amides is 2. The molecule has 45 heavy (non-hydrogen) atoms. The molecule has 0 spiro atoms. The van der Waals surface area contributed by atoms with Gasteiger partial charge in [-0.1, -0.05) is 96.9 Å². The fourth-order valence-corrected chi connectivity index (χ4v) is 6.74. The van der Waals surface area contributed by atoms with Gasteiger partial charge in [0.1, 0.15) is 12.6 Å². The normalized spacial score (nSPS) is 11.9. The molecule has 4 aromatic carbocycles. The van der Waals surface area contributed by atoms with E-state index in [-0.39, 0.29) is 23.8 Å². The predicted molar refractivity (Wildman–Crippen MR) is 181 cm³/mol. The summed E-state index contributed by atoms with van der Waals surface area (Å²) in [5.74, 6) is -0.847. The third-order valence-corrected chi connectivity index (χ3v) is 9.78. The van der Waals surface area contributed by atoms with Crippen LogP contribution in [0.2, 0.25) is 5.02 Å². The second-order valence-corrected chi connectivity index (χ2v) is 13.5. The largest absolute Gasteiger partial charge is 0.354 e. The first-order chi connectivity index (χ1) is 21.5. The summed E-state index contributed by atoms with van der Waals surface area (Å²) in [7, 11) is -4.18. The fraction of sp³-hybridized carbons (Fsp3) is 0.278. The highest BCUT2D eigenvalue weighted by atomic mass is 35.5. The number of halogens is 1. The van der Waals surface area contributed by atoms with E-state index in [0.717, 1.165) is 27.4 Å². The fourth-order valence-electron chi connectivity index (χ4n) is 5.07. The number of hydrogen-bond acceptors (Lipinski definition) is 4. The van der Waals surface area contributed by atoms with E-state index in [2.05, 4.69) is 5.32 Å². The summed E-state index contributed by atoms with van der Waals surface area (Å²) in [5.41, 5.74) is 4.37. The van der Waals surface area contributed by atoms with Gasteiger partial charge in [-0.25, -0.2) is 8.42 Å². The molecule has 0 bridgehead atoms. The van der Waals surface area contributed by atoms with Crippen LogP contribution in [-0.4, -0.2) is 44.3 Å². The molecule has 0 saturated carbocycles. The zero-order valence-electron chi connectivity index (χ0n) is 26.2. The Hall–Kier alpha value is -4.14. The van der Waals surface area contributed by atoms with Crippen molar-refractivity contribution < 1.29 is 18.0 Å². The molecule has 2 amide bonds. The van der Waals surface area contributed by atoms with Crippen LogP contribution in [0.4, 0.5) is 5.69 Å². The molecular weight excluding hydrogens is 606 g/mol. The first-order valence-corrected chi connectivity index (χ1v) is 16.8. The minimum absolute atomic E-state index is 0.0147. The Morgan fingerprint density at radius 3 is 2.16 bits per heavy atom. The average Bonchev–Trinajstić information content (AvgIpc) is 3.03. The van der Waals surface area contributed by atoms with Crippen molar-refractivity contribution in [1.82, 2.24) is 10.2 Å². The van der Waals surface area contributed by atoms with Gasteiger partial charge in [-0.3, -0.25) is 13.9 Å². The number of carbonyl (C=O) groups is 2. The van der Waals surface area contributed by atoms with E-state index in [9.17, 15) is 18.0 Å². The molecule has 0 aliphatic heterocycles. The lowest BCUT2D eigenvalue weighted by Gasteiger charge is -2.34. The zero-order chi connectivity index (χ0) is 32.6. The van der Waals surface area contributed by atoms with Crippen LogP contribution in [-0.2, 0) is 32.6 Å². The van der Waals surface area contributed by atoms with Gasteiger partial charge in [-0.15, -0.1) is 0 Å². The lowest BCUT2D eigenvalue weighted by atomic mass is 10.0. The SMILES string of the molecule is CCCNC(=O)C(Cc1ccccc1)N(Cc1ccccc1Cl)C(=O)CN(c1cc(C)ccc1C)S(=O)(=O)c1ccc(C)cc1. The van der Waals surface area contributed by atoms with Crippen molar-refractivity contribution in [2.75, 3.05) is 17.4 Å². The van der Waals surface area contributed by atoms with Crippen LogP contribution in [0.25, 0.3) is 0 Å². The summed E-state index contributed by atoms with van der Waals surface area (Å²) in [5, 5.41) is 3.40. The molecular formula is C36H40ClN3O4S. The maximum absolute atomic E-state index is 14.6. The Balaban J connectivity index is 1.83. The molecule has 0 aromatic heterocycles. The molecule has 1 atom stereocenters. The topological polar surface area (TPSA) is 86.8 Å². The molecule has 0 saturated heterocycles. The quantitative estimate of drug-likeness (QED) is 0.177. The van der Waals surface area contributed by atoms with E-state index in [1.54, 1.807) is 48.5 Å². The molecule has 0 heterocycles. The molecule has 1 N–H and O–H groups in total. The molecule has 1 unspecified atom stereocenters. The maximum atomic E-state index is 14.6. The zero-order valence-corrected chi connectivity index (χ0v) is 27.7. The number of benzene rings is 4. The Morgan fingerprint density at radius 1 is 0.844 bits per heavy atom. The van der Waals surface area contributed by atoms with Crippen molar-refractivity contribution in [2.24, 2.45) is 0 Å². The monoisotopic (exact) mass is 645 g/mol. The Kier molecular flexibility index (Phi) is 11.4. The number of hydrogen-bond donors (Lipinski definition) is 1. The number of aryl methyl sites for hydroxylation is 3. The van der Waals surface area contributed by atoms with E-state index in [1.807, 2.05) is 76.2 Å².